The van der Waals surface area contributed by atoms with Crippen molar-refractivity contribution in [1.29, 1.82) is 0 Å². The SMILES string of the molecule is CCC(C(=O)Nc1ccc(C)c(N)c1)N1CCCC1. The lowest BCUT2D eigenvalue weighted by atomic mass is 10.1. The molecule has 104 valence electrons. The van der Waals surface area contributed by atoms with Crippen LogP contribution in [0.4, 0.5) is 11.4 Å². The van der Waals surface area contributed by atoms with Gasteiger partial charge in [-0.25, -0.2) is 0 Å². The van der Waals surface area contributed by atoms with Crippen molar-refractivity contribution in [2.24, 2.45) is 0 Å². The molecule has 2 rings (SSSR count). The van der Waals surface area contributed by atoms with Crippen LogP contribution in [0.5, 0.6) is 0 Å². The molecule has 0 radical (unpaired) electrons. The Hall–Kier alpha value is -1.55. The quantitative estimate of drug-likeness (QED) is 0.818. The summed E-state index contributed by atoms with van der Waals surface area (Å²) in [6.45, 7) is 6.08. The van der Waals surface area contributed by atoms with Gasteiger partial charge >= 0.3 is 0 Å². The highest BCUT2D eigenvalue weighted by Crippen LogP contribution is 2.19. The van der Waals surface area contributed by atoms with E-state index in [0.29, 0.717) is 5.69 Å². The van der Waals surface area contributed by atoms with Gasteiger partial charge in [-0.15, -0.1) is 0 Å². The Balaban J connectivity index is 2.03. The molecule has 1 heterocycles. The third-order valence-corrected chi connectivity index (χ3v) is 3.82. The molecule has 0 spiro atoms. The maximum Gasteiger partial charge on any atom is 0.241 e. The van der Waals surface area contributed by atoms with Crippen molar-refractivity contribution in [2.75, 3.05) is 24.1 Å². The first-order chi connectivity index (χ1) is 9.11. The van der Waals surface area contributed by atoms with Gasteiger partial charge < -0.3 is 11.1 Å². The van der Waals surface area contributed by atoms with E-state index in [2.05, 4.69) is 17.1 Å². The number of aryl methyl sites for hydroxylation is 1. The number of nitrogens with one attached hydrogen (secondary N) is 1. The van der Waals surface area contributed by atoms with Crippen molar-refractivity contribution >= 4 is 17.3 Å². The fourth-order valence-corrected chi connectivity index (χ4v) is 2.61. The van der Waals surface area contributed by atoms with Crippen molar-refractivity contribution in [3.05, 3.63) is 23.8 Å². The Kier molecular flexibility index (Phi) is 4.43. The number of nitrogens with zero attached hydrogens (tertiary/aromatic N) is 1. The molecule has 4 heteroatoms. The topological polar surface area (TPSA) is 58.4 Å². The molecule has 1 aromatic rings. The van der Waals surface area contributed by atoms with E-state index in [0.717, 1.165) is 30.8 Å². The predicted octanol–water partition coefficient (Wildman–Crippen LogP) is 2.39. The molecular formula is C15H23N3O. The molecule has 0 aliphatic carbocycles. The first-order valence-electron chi connectivity index (χ1n) is 7.03. The lowest BCUT2D eigenvalue weighted by Crippen LogP contribution is -2.42. The summed E-state index contributed by atoms with van der Waals surface area (Å²) >= 11 is 0. The molecule has 0 saturated carbocycles. The summed E-state index contributed by atoms with van der Waals surface area (Å²) in [6, 6.07) is 5.64. The Morgan fingerprint density at radius 3 is 2.68 bits per heavy atom. The Labute approximate surface area is 115 Å². The molecule has 1 fully saturated rings. The van der Waals surface area contributed by atoms with Gasteiger partial charge in [0.1, 0.15) is 0 Å². The van der Waals surface area contributed by atoms with Gasteiger partial charge in [-0.3, -0.25) is 9.69 Å². The van der Waals surface area contributed by atoms with Crippen LogP contribution in [0.15, 0.2) is 18.2 Å². The summed E-state index contributed by atoms with van der Waals surface area (Å²) < 4.78 is 0. The number of benzene rings is 1. The van der Waals surface area contributed by atoms with Crippen LogP contribution in [0.2, 0.25) is 0 Å². The monoisotopic (exact) mass is 261 g/mol. The molecule has 1 atom stereocenters. The van der Waals surface area contributed by atoms with Gasteiger partial charge in [-0.1, -0.05) is 13.0 Å². The number of rotatable bonds is 4. The van der Waals surface area contributed by atoms with Crippen molar-refractivity contribution in [1.82, 2.24) is 4.90 Å². The minimum Gasteiger partial charge on any atom is -0.398 e. The summed E-state index contributed by atoms with van der Waals surface area (Å²) in [4.78, 5) is 14.6. The molecule has 19 heavy (non-hydrogen) atoms. The number of nitrogens with two attached hydrogens (primary N) is 1. The zero-order valence-electron chi connectivity index (χ0n) is 11.8. The summed E-state index contributed by atoms with van der Waals surface area (Å²) in [5.74, 6) is 0.0765. The van der Waals surface area contributed by atoms with Crippen LogP contribution < -0.4 is 11.1 Å². The fraction of sp³-hybridized carbons (Fsp3) is 0.533. The lowest BCUT2D eigenvalue weighted by molar-refractivity contribution is -0.121. The summed E-state index contributed by atoms with van der Waals surface area (Å²) in [6.07, 6.45) is 3.23. The van der Waals surface area contributed by atoms with Gasteiger partial charge in [0.2, 0.25) is 5.91 Å². The van der Waals surface area contributed by atoms with Crippen LogP contribution in [0.3, 0.4) is 0 Å². The lowest BCUT2D eigenvalue weighted by Gasteiger charge is -2.25. The molecule has 1 aliphatic rings. The van der Waals surface area contributed by atoms with Crippen LogP contribution in [0, 0.1) is 6.92 Å². The molecule has 1 amide bonds. The van der Waals surface area contributed by atoms with Crippen LogP contribution in [0.25, 0.3) is 0 Å². The predicted molar refractivity (Wildman–Crippen MR) is 79.1 cm³/mol. The van der Waals surface area contributed by atoms with Crippen molar-refractivity contribution in [3.8, 4) is 0 Å². The normalized spacial score (nSPS) is 17.4. The second-order valence-corrected chi connectivity index (χ2v) is 5.23. The molecule has 1 unspecified atom stereocenters. The molecule has 3 N–H and O–H groups in total. The highest BCUT2D eigenvalue weighted by atomic mass is 16.2. The standard InChI is InChI=1S/C15H23N3O/c1-3-14(18-8-4-5-9-18)15(19)17-12-7-6-11(2)13(16)10-12/h6-7,10,14H,3-5,8-9,16H2,1-2H3,(H,17,19). The molecule has 1 aromatic carbocycles. The van der Waals surface area contributed by atoms with E-state index in [1.54, 1.807) is 0 Å². The van der Waals surface area contributed by atoms with Crippen molar-refractivity contribution in [3.63, 3.8) is 0 Å². The molecule has 1 aliphatic heterocycles. The van der Waals surface area contributed by atoms with Crippen molar-refractivity contribution < 1.29 is 4.79 Å². The maximum absolute atomic E-state index is 12.3. The molecule has 1 saturated heterocycles. The van der Waals surface area contributed by atoms with E-state index in [-0.39, 0.29) is 11.9 Å². The van der Waals surface area contributed by atoms with Crippen LogP contribution in [-0.2, 0) is 4.79 Å². The van der Waals surface area contributed by atoms with Gasteiger partial charge in [-0.05, 0) is 57.0 Å². The Bertz CT molecular complexity index is 453. The number of likely N-dealkylation sites (tertiary alicyclic amines) is 1. The van der Waals surface area contributed by atoms with E-state index in [1.807, 2.05) is 25.1 Å². The van der Waals surface area contributed by atoms with Crippen LogP contribution in [-0.4, -0.2) is 29.9 Å². The largest absolute Gasteiger partial charge is 0.398 e. The van der Waals surface area contributed by atoms with E-state index in [9.17, 15) is 4.79 Å². The number of carbonyl (C=O) groups is 1. The summed E-state index contributed by atoms with van der Waals surface area (Å²) in [5.41, 5.74) is 8.40. The third kappa shape index (κ3) is 3.26. The highest BCUT2D eigenvalue weighted by Gasteiger charge is 2.26. The number of nitrogen functional groups attached to an aromatic ring is 1. The first-order valence-corrected chi connectivity index (χ1v) is 7.03. The average molecular weight is 261 g/mol. The minimum absolute atomic E-state index is 0.0231. The Morgan fingerprint density at radius 1 is 1.42 bits per heavy atom. The molecule has 0 bridgehead atoms. The zero-order valence-corrected chi connectivity index (χ0v) is 11.8. The zero-order chi connectivity index (χ0) is 13.8. The molecule has 4 nitrogen and oxygen atoms in total. The van der Waals surface area contributed by atoms with E-state index < -0.39 is 0 Å². The number of hydrogen-bond donors (Lipinski definition) is 2. The third-order valence-electron chi connectivity index (χ3n) is 3.82. The van der Waals surface area contributed by atoms with Gasteiger partial charge in [0.25, 0.3) is 0 Å². The van der Waals surface area contributed by atoms with Crippen LogP contribution in [0.1, 0.15) is 31.7 Å². The van der Waals surface area contributed by atoms with E-state index in [4.69, 9.17) is 5.73 Å². The van der Waals surface area contributed by atoms with Crippen LogP contribution >= 0.6 is 0 Å². The Morgan fingerprint density at radius 2 is 2.11 bits per heavy atom. The second kappa shape index (κ2) is 6.06. The maximum atomic E-state index is 12.3. The van der Waals surface area contributed by atoms with Gasteiger partial charge in [0.15, 0.2) is 0 Å². The van der Waals surface area contributed by atoms with Gasteiger partial charge in [0, 0.05) is 11.4 Å². The molecule has 0 aromatic heterocycles. The van der Waals surface area contributed by atoms with E-state index >= 15 is 0 Å². The number of amides is 1. The fourth-order valence-electron chi connectivity index (χ4n) is 2.61. The average Bonchev–Trinajstić information content (AvgIpc) is 2.88. The summed E-state index contributed by atoms with van der Waals surface area (Å²) in [5, 5.41) is 2.98. The second-order valence-electron chi connectivity index (χ2n) is 5.23. The number of hydrogen-bond acceptors (Lipinski definition) is 3. The smallest absolute Gasteiger partial charge is 0.241 e. The highest BCUT2D eigenvalue weighted by molar-refractivity contribution is 5.95. The van der Waals surface area contributed by atoms with Crippen molar-refractivity contribution in [2.45, 2.75) is 39.2 Å². The van der Waals surface area contributed by atoms with Gasteiger partial charge in [-0.2, -0.15) is 0 Å². The van der Waals surface area contributed by atoms with E-state index in [1.165, 1.54) is 12.8 Å². The van der Waals surface area contributed by atoms with Gasteiger partial charge in [0.05, 0.1) is 6.04 Å². The molecular weight excluding hydrogens is 238 g/mol. The number of carbonyl (C=O) groups excluding carboxylic acids is 1. The first kappa shape index (κ1) is 13.9. The number of anilines is 2. The minimum atomic E-state index is -0.0231. The summed E-state index contributed by atoms with van der Waals surface area (Å²) in [7, 11) is 0.